The molecule has 88 valence electrons. The van der Waals surface area contributed by atoms with Gasteiger partial charge in [0, 0.05) is 25.2 Å². The molecule has 1 atom stereocenters. The molecule has 0 radical (unpaired) electrons. The van der Waals surface area contributed by atoms with E-state index in [1.165, 1.54) is 30.5 Å². The lowest BCUT2D eigenvalue weighted by Gasteiger charge is -2.29. The third-order valence-electron chi connectivity index (χ3n) is 3.25. The van der Waals surface area contributed by atoms with Crippen LogP contribution in [-0.2, 0) is 0 Å². The molecule has 1 aromatic carbocycles. The molecular formula is C13H19FN2. The van der Waals surface area contributed by atoms with Gasteiger partial charge in [-0.2, -0.15) is 0 Å². The first kappa shape index (κ1) is 11.6. The van der Waals surface area contributed by atoms with Crippen LogP contribution in [0.1, 0.15) is 31.4 Å². The van der Waals surface area contributed by atoms with Gasteiger partial charge in [-0.15, -0.1) is 0 Å². The molecule has 1 saturated carbocycles. The first-order valence-corrected chi connectivity index (χ1v) is 5.93. The molecule has 1 aliphatic rings. The van der Waals surface area contributed by atoms with Crippen LogP contribution < -0.4 is 5.73 Å². The highest BCUT2D eigenvalue weighted by Crippen LogP contribution is 2.33. The summed E-state index contributed by atoms with van der Waals surface area (Å²) >= 11 is 0. The number of halogens is 1. The van der Waals surface area contributed by atoms with E-state index in [-0.39, 0.29) is 5.82 Å². The van der Waals surface area contributed by atoms with Crippen molar-refractivity contribution in [3.05, 3.63) is 35.6 Å². The summed E-state index contributed by atoms with van der Waals surface area (Å²) in [6.45, 7) is 3.77. The predicted octanol–water partition coefficient (Wildman–Crippen LogP) is 2.31. The quantitative estimate of drug-likeness (QED) is 0.828. The minimum atomic E-state index is -0.173. The second-order valence-corrected chi connectivity index (χ2v) is 4.49. The summed E-state index contributed by atoms with van der Waals surface area (Å²) in [6.07, 6.45) is 2.54. The molecule has 1 aliphatic carbocycles. The molecule has 2 N–H and O–H groups in total. The maximum atomic E-state index is 12.8. The molecule has 0 unspecified atom stereocenters. The summed E-state index contributed by atoms with van der Waals surface area (Å²) in [5, 5.41) is 0. The molecule has 0 bridgehead atoms. The van der Waals surface area contributed by atoms with Crippen molar-refractivity contribution in [3.63, 3.8) is 0 Å². The third kappa shape index (κ3) is 2.60. The smallest absolute Gasteiger partial charge is 0.123 e. The zero-order chi connectivity index (χ0) is 11.5. The number of nitrogens with two attached hydrogens (primary N) is 1. The fourth-order valence-corrected chi connectivity index (χ4v) is 2.18. The monoisotopic (exact) mass is 222 g/mol. The molecule has 2 nitrogen and oxygen atoms in total. The van der Waals surface area contributed by atoms with E-state index in [9.17, 15) is 4.39 Å². The normalized spacial score (nSPS) is 17.8. The summed E-state index contributed by atoms with van der Waals surface area (Å²) in [4.78, 5) is 2.42. The number of benzene rings is 1. The Morgan fingerprint density at radius 3 is 2.50 bits per heavy atom. The maximum absolute atomic E-state index is 12.8. The molecule has 0 amide bonds. The summed E-state index contributed by atoms with van der Waals surface area (Å²) in [7, 11) is 0. The molecule has 3 heteroatoms. The highest BCUT2D eigenvalue weighted by atomic mass is 19.1. The van der Waals surface area contributed by atoms with Crippen molar-refractivity contribution in [3.8, 4) is 0 Å². The van der Waals surface area contributed by atoms with Crippen LogP contribution in [0.3, 0.4) is 0 Å². The fraction of sp³-hybridized carbons (Fsp3) is 0.538. The summed E-state index contributed by atoms with van der Waals surface area (Å²) in [5.74, 6) is -0.173. The van der Waals surface area contributed by atoms with Crippen molar-refractivity contribution < 1.29 is 4.39 Å². The Labute approximate surface area is 96.2 Å². The van der Waals surface area contributed by atoms with E-state index in [0.717, 1.165) is 6.54 Å². The first-order valence-electron chi connectivity index (χ1n) is 5.93. The van der Waals surface area contributed by atoms with E-state index in [4.69, 9.17) is 5.73 Å². The average molecular weight is 222 g/mol. The van der Waals surface area contributed by atoms with E-state index in [2.05, 4.69) is 11.8 Å². The Morgan fingerprint density at radius 1 is 1.38 bits per heavy atom. The molecule has 1 fully saturated rings. The second kappa shape index (κ2) is 4.93. The van der Waals surface area contributed by atoms with Crippen LogP contribution in [0.2, 0.25) is 0 Å². The zero-order valence-electron chi connectivity index (χ0n) is 9.70. The number of hydrogen-bond donors (Lipinski definition) is 1. The van der Waals surface area contributed by atoms with Gasteiger partial charge in [0.2, 0.25) is 0 Å². The topological polar surface area (TPSA) is 29.3 Å². The van der Waals surface area contributed by atoms with Crippen LogP contribution in [0, 0.1) is 5.82 Å². The van der Waals surface area contributed by atoms with Gasteiger partial charge in [0.05, 0.1) is 0 Å². The van der Waals surface area contributed by atoms with Gasteiger partial charge >= 0.3 is 0 Å². The fourth-order valence-electron chi connectivity index (χ4n) is 2.18. The molecule has 0 saturated heterocycles. The largest absolute Gasteiger partial charge is 0.329 e. The van der Waals surface area contributed by atoms with E-state index in [0.29, 0.717) is 18.6 Å². The minimum Gasteiger partial charge on any atom is -0.329 e. The van der Waals surface area contributed by atoms with E-state index >= 15 is 0 Å². The lowest BCUT2D eigenvalue weighted by atomic mass is 10.1. The molecule has 1 aromatic rings. The van der Waals surface area contributed by atoms with Crippen molar-refractivity contribution in [2.24, 2.45) is 5.73 Å². The minimum absolute atomic E-state index is 0.173. The predicted molar refractivity (Wildman–Crippen MR) is 63.6 cm³/mol. The van der Waals surface area contributed by atoms with Crippen LogP contribution in [0.4, 0.5) is 4.39 Å². The SMILES string of the molecule is C[C@H](c1ccc(F)cc1)N(CCN)C1CC1. The van der Waals surface area contributed by atoms with Crippen molar-refractivity contribution >= 4 is 0 Å². The van der Waals surface area contributed by atoms with Gasteiger partial charge in [0.25, 0.3) is 0 Å². The highest BCUT2D eigenvalue weighted by molar-refractivity contribution is 5.20. The molecule has 0 spiro atoms. The third-order valence-corrected chi connectivity index (χ3v) is 3.25. The van der Waals surface area contributed by atoms with Crippen LogP contribution in [0.15, 0.2) is 24.3 Å². The van der Waals surface area contributed by atoms with Gasteiger partial charge in [-0.05, 0) is 37.5 Å². The molecule has 0 heterocycles. The average Bonchev–Trinajstić information content (AvgIpc) is 3.10. The van der Waals surface area contributed by atoms with E-state index in [1.807, 2.05) is 12.1 Å². The molecule has 0 aliphatic heterocycles. The Balaban J connectivity index is 2.08. The zero-order valence-corrected chi connectivity index (χ0v) is 9.70. The Morgan fingerprint density at radius 2 is 2.00 bits per heavy atom. The lowest BCUT2D eigenvalue weighted by Crippen LogP contribution is -2.33. The van der Waals surface area contributed by atoms with Gasteiger partial charge in [0.15, 0.2) is 0 Å². The second-order valence-electron chi connectivity index (χ2n) is 4.49. The van der Waals surface area contributed by atoms with E-state index < -0.39 is 0 Å². The van der Waals surface area contributed by atoms with E-state index in [1.54, 1.807) is 0 Å². The highest BCUT2D eigenvalue weighted by Gasteiger charge is 2.31. The first-order chi connectivity index (χ1) is 7.72. The number of nitrogens with zero attached hydrogens (tertiary/aromatic N) is 1. The van der Waals surface area contributed by atoms with Crippen molar-refractivity contribution in [2.75, 3.05) is 13.1 Å². The van der Waals surface area contributed by atoms with Crippen molar-refractivity contribution in [2.45, 2.75) is 31.8 Å². The molecule has 2 rings (SSSR count). The number of rotatable bonds is 5. The summed E-state index contributed by atoms with van der Waals surface area (Å²) in [5.41, 5.74) is 6.80. The van der Waals surface area contributed by atoms with Crippen LogP contribution in [-0.4, -0.2) is 24.0 Å². The number of hydrogen-bond acceptors (Lipinski definition) is 2. The van der Waals surface area contributed by atoms with Crippen molar-refractivity contribution in [1.29, 1.82) is 0 Å². The standard InChI is InChI=1S/C13H19FN2/c1-10(11-2-4-12(14)5-3-11)16(9-8-15)13-6-7-13/h2-5,10,13H,6-9,15H2,1H3/t10-/m1/s1. The molecular weight excluding hydrogens is 203 g/mol. The summed E-state index contributed by atoms with van der Waals surface area (Å²) < 4.78 is 12.8. The molecule has 16 heavy (non-hydrogen) atoms. The van der Waals surface area contributed by atoms with Gasteiger partial charge < -0.3 is 5.73 Å². The van der Waals surface area contributed by atoms with Crippen LogP contribution in [0.25, 0.3) is 0 Å². The molecule has 0 aromatic heterocycles. The van der Waals surface area contributed by atoms with Crippen LogP contribution in [0.5, 0.6) is 0 Å². The van der Waals surface area contributed by atoms with Gasteiger partial charge in [-0.3, -0.25) is 4.90 Å². The Hall–Kier alpha value is -0.930. The van der Waals surface area contributed by atoms with Gasteiger partial charge in [-0.1, -0.05) is 12.1 Å². The Kier molecular flexibility index (Phi) is 3.56. The summed E-state index contributed by atoms with van der Waals surface area (Å²) in [6, 6.07) is 7.80. The van der Waals surface area contributed by atoms with Crippen LogP contribution >= 0.6 is 0 Å². The van der Waals surface area contributed by atoms with Crippen molar-refractivity contribution in [1.82, 2.24) is 4.90 Å². The van der Waals surface area contributed by atoms with Gasteiger partial charge in [0.1, 0.15) is 5.82 Å². The maximum Gasteiger partial charge on any atom is 0.123 e. The van der Waals surface area contributed by atoms with Gasteiger partial charge in [-0.25, -0.2) is 4.39 Å². The lowest BCUT2D eigenvalue weighted by molar-refractivity contribution is 0.206. The Bertz CT molecular complexity index is 332.